The molecule has 4 nitrogen and oxygen atoms in total. The van der Waals surface area contributed by atoms with Crippen LogP contribution < -0.4 is 4.80 Å². The number of nitrogens with zero attached hydrogens (tertiary/aromatic N) is 3. The van der Waals surface area contributed by atoms with Gasteiger partial charge in [-0.15, -0.1) is 22.7 Å². The molecule has 1 N–H and O–H groups in total. The molecule has 0 aliphatic heterocycles. The van der Waals surface area contributed by atoms with Gasteiger partial charge in [0, 0.05) is 17.0 Å². The lowest BCUT2D eigenvalue weighted by Crippen LogP contribution is -2.14. The highest BCUT2D eigenvalue weighted by molar-refractivity contribution is 7.14. The van der Waals surface area contributed by atoms with Crippen molar-refractivity contribution in [3.63, 3.8) is 0 Å². The van der Waals surface area contributed by atoms with Crippen molar-refractivity contribution in [3.8, 4) is 16.3 Å². The fourth-order valence-corrected chi connectivity index (χ4v) is 4.61. The zero-order chi connectivity index (χ0) is 18.8. The third-order valence-corrected chi connectivity index (χ3v) is 5.80. The number of aromatic hydroxyl groups is 1. The molecule has 27 heavy (non-hydrogen) atoms. The summed E-state index contributed by atoms with van der Waals surface area (Å²) in [4.78, 5) is 6.67. The van der Waals surface area contributed by atoms with Crippen molar-refractivity contribution in [3.05, 3.63) is 69.7 Å². The monoisotopic (exact) mass is 393 g/mol. The average Bonchev–Trinajstić information content (AvgIpc) is 3.30. The van der Waals surface area contributed by atoms with Gasteiger partial charge in [0.1, 0.15) is 5.75 Å². The van der Waals surface area contributed by atoms with E-state index in [1.165, 1.54) is 0 Å². The number of aromatic nitrogens is 1. The van der Waals surface area contributed by atoms with Gasteiger partial charge in [-0.1, -0.05) is 36.4 Å². The molecule has 4 rings (SSSR count). The van der Waals surface area contributed by atoms with E-state index < -0.39 is 0 Å². The molecule has 0 saturated carbocycles. The Morgan fingerprint density at radius 1 is 1.04 bits per heavy atom. The van der Waals surface area contributed by atoms with Crippen molar-refractivity contribution in [1.82, 2.24) is 4.68 Å². The minimum atomic E-state index is 0.173. The van der Waals surface area contributed by atoms with Crippen molar-refractivity contribution in [1.29, 1.82) is 0 Å². The highest BCUT2D eigenvalue weighted by Crippen LogP contribution is 2.27. The summed E-state index contributed by atoms with van der Waals surface area (Å²) in [7, 11) is 0. The normalized spacial score (nSPS) is 12.6. The van der Waals surface area contributed by atoms with Gasteiger partial charge in [0.25, 0.3) is 0 Å². The smallest absolute Gasteiger partial charge is 0.206 e. The summed E-state index contributed by atoms with van der Waals surface area (Å²) < 4.78 is 1.86. The topological polar surface area (TPSA) is 49.9 Å². The Kier molecular flexibility index (Phi) is 4.92. The van der Waals surface area contributed by atoms with E-state index >= 15 is 0 Å². The van der Waals surface area contributed by atoms with Gasteiger partial charge >= 0.3 is 0 Å². The number of phenolic OH excluding ortho intramolecular Hbond substituents is 1. The molecule has 2 aromatic carbocycles. The number of benzene rings is 2. The largest absolute Gasteiger partial charge is 0.507 e. The first kappa shape index (κ1) is 17.7. The third kappa shape index (κ3) is 3.59. The van der Waals surface area contributed by atoms with E-state index in [1.807, 2.05) is 41.1 Å². The molecule has 0 bridgehead atoms. The Morgan fingerprint density at radius 3 is 2.67 bits per heavy atom. The van der Waals surface area contributed by atoms with Crippen molar-refractivity contribution < 1.29 is 5.11 Å². The Morgan fingerprint density at radius 2 is 1.89 bits per heavy atom. The van der Waals surface area contributed by atoms with E-state index in [9.17, 15) is 5.11 Å². The molecule has 0 fully saturated rings. The molecule has 0 unspecified atom stereocenters. The second-order valence-electron chi connectivity index (χ2n) is 6.38. The number of phenols is 1. The average molecular weight is 394 g/mol. The van der Waals surface area contributed by atoms with Crippen molar-refractivity contribution in [2.45, 2.75) is 19.9 Å². The van der Waals surface area contributed by atoms with Crippen LogP contribution in [0.5, 0.6) is 5.75 Å². The summed E-state index contributed by atoms with van der Waals surface area (Å²) in [5.74, 6) is 0.216. The van der Waals surface area contributed by atoms with Gasteiger partial charge < -0.3 is 5.11 Å². The minimum absolute atomic E-state index is 0.173. The van der Waals surface area contributed by atoms with E-state index in [4.69, 9.17) is 10.1 Å². The van der Waals surface area contributed by atoms with E-state index in [0.717, 1.165) is 26.1 Å². The lowest BCUT2D eigenvalue weighted by atomic mass is 10.0. The number of fused-ring (bicyclic) bond motifs is 1. The summed E-state index contributed by atoms with van der Waals surface area (Å²) in [6.07, 6.45) is 1.72. The molecular formula is C21H19N3OS2. The number of thiazole rings is 1. The Balaban J connectivity index is 1.88. The van der Waals surface area contributed by atoms with Crippen LogP contribution >= 0.6 is 22.7 Å². The van der Waals surface area contributed by atoms with E-state index in [2.05, 4.69) is 30.7 Å². The molecule has 0 radical (unpaired) electrons. The summed E-state index contributed by atoms with van der Waals surface area (Å²) >= 11 is 3.24. The maximum Gasteiger partial charge on any atom is 0.206 e. The zero-order valence-corrected chi connectivity index (χ0v) is 16.7. The van der Waals surface area contributed by atoms with E-state index in [1.54, 1.807) is 35.0 Å². The second-order valence-corrected chi connectivity index (χ2v) is 8.16. The van der Waals surface area contributed by atoms with Crippen LogP contribution in [0.4, 0.5) is 0 Å². The molecule has 0 aliphatic rings. The SMILES string of the molecule is CC(C)N=c1scc(-c2cccs2)n1N=Cc1c(O)ccc2ccccc12. The summed E-state index contributed by atoms with van der Waals surface area (Å²) in [5, 5.41) is 21.3. The zero-order valence-electron chi connectivity index (χ0n) is 15.0. The van der Waals surface area contributed by atoms with Crippen LogP contribution in [0.1, 0.15) is 19.4 Å². The first-order chi connectivity index (χ1) is 13.1. The molecule has 2 aromatic heterocycles. The third-order valence-electron chi connectivity index (χ3n) is 4.08. The Labute approximate surface area is 165 Å². The van der Waals surface area contributed by atoms with Crippen LogP contribution in [0, 0.1) is 0 Å². The first-order valence-electron chi connectivity index (χ1n) is 8.67. The van der Waals surface area contributed by atoms with E-state index in [0.29, 0.717) is 5.56 Å². The Hall–Kier alpha value is -2.70. The quantitative estimate of drug-likeness (QED) is 0.468. The van der Waals surface area contributed by atoms with Crippen molar-refractivity contribution in [2.24, 2.45) is 10.1 Å². The molecule has 4 aromatic rings. The summed E-state index contributed by atoms with van der Waals surface area (Å²) in [5.41, 5.74) is 1.71. The lowest BCUT2D eigenvalue weighted by molar-refractivity contribution is 0.475. The fourth-order valence-electron chi connectivity index (χ4n) is 2.85. The number of thiophene rings is 1. The van der Waals surface area contributed by atoms with Gasteiger partial charge in [0.05, 0.1) is 16.8 Å². The van der Waals surface area contributed by atoms with E-state index in [-0.39, 0.29) is 11.8 Å². The minimum Gasteiger partial charge on any atom is -0.507 e. The van der Waals surface area contributed by atoms with Crippen LogP contribution in [0.25, 0.3) is 21.3 Å². The van der Waals surface area contributed by atoms with Crippen LogP contribution in [-0.4, -0.2) is 22.0 Å². The van der Waals surface area contributed by atoms with Crippen molar-refractivity contribution >= 4 is 39.7 Å². The predicted octanol–water partition coefficient (Wildman–Crippen LogP) is 5.33. The fraction of sp³-hybridized carbons (Fsp3) is 0.143. The van der Waals surface area contributed by atoms with Gasteiger partial charge in [-0.2, -0.15) is 5.10 Å². The van der Waals surface area contributed by atoms with Gasteiger partial charge in [-0.05, 0) is 42.1 Å². The molecule has 0 amide bonds. The lowest BCUT2D eigenvalue weighted by Gasteiger charge is -2.06. The van der Waals surface area contributed by atoms with Gasteiger partial charge in [-0.25, -0.2) is 4.68 Å². The van der Waals surface area contributed by atoms with Crippen LogP contribution in [0.2, 0.25) is 0 Å². The summed E-state index contributed by atoms with van der Waals surface area (Å²) in [6.45, 7) is 4.10. The van der Waals surface area contributed by atoms with Gasteiger partial charge in [0.2, 0.25) is 4.80 Å². The van der Waals surface area contributed by atoms with Gasteiger partial charge in [0.15, 0.2) is 0 Å². The first-order valence-corrected chi connectivity index (χ1v) is 10.4. The molecule has 136 valence electrons. The molecular weight excluding hydrogens is 374 g/mol. The molecule has 6 heteroatoms. The molecule has 0 saturated heterocycles. The van der Waals surface area contributed by atoms with Crippen LogP contribution in [-0.2, 0) is 0 Å². The molecule has 0 aliphatic carbocycles. The number of hydrogen-bond donors (Lipinski definition) is 1. The Bertz CT molecular complexity index is 1170. The highest BCUT2D eigenvalue weighted by Gasteiger charge is 2.10. The van der Waals surface area contributed by atoms with Crippen LogP contribution in [0.15, 0.2) is 69.4 Å². The van der Waals surface area contributed by atoms with Gasteiger partial charge in [-0.3, -0.25) is 4.99 Å². The highest BCUT2D eigenvalue weighted by atomic mass is 32.1. The molecule has 2 heterocycles. The predicted molar refractivity (Wildman–Crippen MR) is 115 cm³/mol. The maximum absolute atomic E-state index is 10.4. The molecule has 0 atom stereocenters. The van der Waals surface area contributed by atoms with Crippen molar-refractivity contribution in [2.75, 3.05) is 0 Å². The maximum atomic E-state index is 10.4. The second kappa shape index (κ2) is 7.50. The molecule has 0 spiro atoms. The summed E-state index contributed by atoms with van der Waals surface area (Å²) in [6, 6.07) is 15.9. The number of rotatable bonds is 4. The standard InChI is InChI=1S/C21H19N3OS2/c1-14(2)23-21-24(18(13-27-21)20-8-5-11-26-20)22-12-17-16-7-4-3-6-15(16)9-10-19(17)25/h3-14,25H,1-2H3. The van der Waals surface area contributed by atoms with Crippen LogP contribution in [0.3, 0.4) is 0 Å². The number of hydrogen-bond acceptors (Lipinski definition) is 5.